The fraction of sp³-hybridized carbons (Fsp3) is 0.380. The summed E-state index contributed by atoms with van der Waals surface area (Å²) in [5.41, 5.74) is 43.5. The van der Waals surface area contributed by atoms with Crippen LogP contribution in [0.25, 0.3) is 50.8 Å². The van der Waals surface area contributed by atoms with Crippen molar-refractivity contribution >= 4 is 109 Å². The lowest BCUT2D eigenvalue weighted by Gasteiger charge is -2.18. The van der Waals surface area contributed by atoms with Crippen LogP contribution in [0.1, 0.15) is 274 Å². The van der Waals surface area contributed by atoms with Gasteiger partial charge in [0.05, 0.1) is 66.4 Å². The van der Waals surface area contributed by atoms with Gasteiger partial charge in [0, 0.05) is 188 Å². The van der Waals surface area contributed by atoms with Crippen LogP contribution in [0.3, 0.4) is 0 Å². The summed E-state index contributed by atoms with van der Waals surface area (Å²) in [5.74, 6) is -0.579. The molecule has 762 valence electrons. The summed E-state index contributed by atoms with van der Waals surface area (Å²) in [4.78, 5) is 94.5. The highest BCUT2D eigenvalue weighted by Crippen LogP contribution is 2.36. The fourth-order valence-corrected chi connectivity index (χ4v) is 15.7. The lowest BCUT2D eigenvalue weighted by atomic mass is 9.89. The van der Waals surface area contributed by atoms with E-state index in [1.165, 1.54) is 60.1 Å². The number of urea groups is 1. The molecule has 0 spiro atoms. The zero-order valence-electron chi connectivity index (χ0n) is 88.5. The Balaban J connectivity index is 0.000000146. The molecule has 20 rings (SSSR count). The predicted octanol–water partition coefficient (Wildman–Crippen LogP) is 19.7. The van der Waals surface area contributed by atoms with Gasteiger partial charge in [-0.15, -0.1) is 0 Å². The van der Waals surface area contributed by atoms with E-state index in [0.717, 1.165) is 90.4 Å². The number of nitrogen functional groups attached to an aromatic ring is 1. The molecule has 0 unspecified atom stereocenters. The fourth-order valence-electron chi connectivity index (χ4n) is 15.7. The first kappa shape index (κ1) is 108. The van der Waals surface area contributed by atoms with Crippen molar-refractivity contribution in [1.82, 2.24) is 115 Å². The highest BCUT2D eigenvalue weighted by Gasteiger charge is 2.30. The summed E-state index contributed by atoms with van der Waals surface area (Å²) >= 11 is 0. The van der Waals surface area contributed by atoms with E-state index in [4.69, 9.17) is 22.9 Å². The third kappa shape index (κ3) is 26.5. The summed E-state index contributed by atoms with van der Waals surface area (Å²) in [6.07, 6.45) is 38.6. The lowest BCUT2D eigenvalue weighted by molar-refractivity contribution is -0.117. The summed E-state index contributed by atoms with van der Waals surface area (Å²) in [7, 11) is 0. The standard InChI is InChI=1S/C17H19N3.C14H19N3.C13H17N3O.C12H16N4O.C11H14N4O.C11H14N2.C10H12FN3.C10H14N6O.C10H14N4/c1-17(2,3)15-12-18-16-14(10-7-11-20(15)16)19-13-8-5-4-6-9-13;1-14(2,3)12-9-15-13-11(16-10-6-7-10)5-4-8-17(12)13;1-13(2,3)10-8-15-12-9(7-11(14)17)5-4-6-16(10)12;1-8(17)15-10-5-6-13-11-9(12(2,3)4)7-14-16(10)11;1-11(2,3)8-5-14-9-6-13-4-7(10(12)16)15(8)9;1-11(2,3)9-8-12-10-6-4-5-7-13(9)10;1-10(2,3)7-6-13-9-8(11)12-4-5-14(7)9;1-10(2,3)6-4-14-16-7(6)12-5-13-9(16)15-8(11)17;1-10(2,3)8-6-12-9-7(11)4-5-13-14(8)9/h4-12,19H,1-3H3;4-5,8-10,16H,6-7H2,1-3H3;4-6,8H,7H2,1-3H3,(H2,14,17);5-7H,1-4H3,(H,15,17);4-6H,1-3H3,(H2,12,16);4-8H,1-3H3;4-6H,1-3H3;4-5H,1-3H3,(H3,11,12,13,15,17);4-6H,11H2,1-3H3. The molecule has 1 saturated carbocycles. The molecule has 18 heterocycles. The average molecular weight is 1970 g/mol. The molecule has 0 radical (unpaired) electrons. The van der Waals surface area contributed by atoms with E-state index >= 15 is 0 Å². The van der Waals surface area contributed by atoms with Crippen molar-refractivity contribution in [2.45, 2.75) is 268 Å². The van der Waals surface area contributed by atoms with E-state index in [0.29, 0.717) is 34.5 Å². The largest absolute Gasteiger partial charge is 0.396 e. The van der Waals surface area contributed by atoms with Crippen LogP contribution in [0.2, 0.25) is 0 Å². The Labute approximate surface area is 844 Å². The van der Waals surface area contributed by atoms with Crippen molar-refractivity contribution in [3.63, 3.8) is 0 Å². The quantitative estimate of drug-likeness (QED) is 0.0665. The zero-order chi connectivity index (χ0) is 106. The van der Waals surface area contributed by atoms with Gasteiger partial charge in [-0.05, 0) is 90.4 Å². The number of benzene rings is 1. The Morgan fingerprint density at radius 2 is 0.848 bits per heavy atom. The molecular formula is C108H139FN32O4. The second-order valence-electron chi connectivity index (χ2n) is 44.8. The molecule has 12 N–H and O–H groups in total. The molecule has 19 aromatic rings. The summed E-state index contributed by atoms with van der Waals surface area (Å²) in [6.45, 7) is 59.0. The number of halogens is 1. The van der Waals surface area contributed by atoms with Gasteiger partial charge < -0.3 is 56.5 Å². The minimum atomic E-state index is -0.683. The number of rotatable bonds is 9. The number of hydrogen-bond donors (Lipinski definition) is 8. The molecule has 0 saturated heterocycles. The van der Waals surface area contributed by atoms with E-state index < -0.39 is 17.9 Å². The van der Waals surface area contributed by atoms with E-state index in [-0.39, 0.29) is 78.6 Å². The number of amides is 5. The van der Waals surface area contributed by atoms with Crippen LogP contribution in [-0.4, -0.2) is 145 Å². The van der Waals surface area contributed by atoms with Crippen molar-refractivity contribution in [1.29, 1.82) is 0 Å². The maximum absolute atomic E-state index is 13.2. The predicted molar refractivity (Wildman–Crippen MR) is 571 cm³/mol. The number of carbonyl (C=O) groups is 4. The Hall–Kier alpha value is -16.0. The smallest absolute Gasteiger partial charge is 0.319 e. The van der Waals surface area contributed by atoms with Crippen LogP contribution in [0.4, 0.5) is 43.7 Å². The SMILES string of the molecule is CC(=O)Nc1ccnc2c(C(C)(C)C)cnn12.CC(C)(C)c1cnc2c(CC(N)=O)cccn12.CC(C)(C)c1cnc2c(F)nccn12.CC(C)(C)c1cnc2c(N)ccnn12.CC(C)(C)c1cnc2c(NC3CC3)cccn12.CC(C)(C)c1cnc2c(Nc3ccccc3)cccn12.CC(C)(C)c1cnc2ccccn12.CC(C)(C)c1cnc2cncc(C(N)=O)n12.CC(C)(C)c1cnn2c(NC(N)=O)ncnc12. The minimum Gasteiger partial charge on any atom is -0.396 e. The summed E-state index contributed by atoms with van der Waals surface area (Å²) in [6, 6.07) is 31.8. The number of fused-ring (bicyclic) bond motifs is 9. The number of nitrogens with two attached hydrogens (primary N) is 4. The molecule has 1 aromatic carbocycles. The Morgan fingerprint density at radius 1 is 0.379 bits per heavy atom. The molecule has 0 bridgehead atoms. The Bertz CT molecular complexity index is 7410. The van der Waals surface area contributed by atoms with E-state index in [1.807, 2.05) is 90.1 Å². The minimum absolute atomic E-state index is 0.0186. The molecule has 1 aliphatic carbocycles. The highest BCUT2D eigenvalue weighted by molar-refractivity contribution is 5.92. The van der Waals surface area contributed by atoms with Crippen molar-refractivity contribution < 1.29 is 23.6 Å². The number of pyridine rings is 4. The van der Waals surface area contributed by atoms with Crippen molar-refractivity contribution in [3.05, 3.63) is 289 Å². The van der Waals surface area contributed by atoms with Crippen molar-refractivity contribution in [2.24, 2.45) is 17.2 Å². The molecule has 145 heavy (non-hydrogen) atoms. The maximum atomic E-state index is 13.2. The number of imidazole rings is 7. The first-order valence-corrected chi connectivity index (χ1v) is 48.0. The van der Waals surface area contributed by atoms with Gasteiger partial charge in [0.15, 0.2) is 39.5 Å². The molecule has 1 fully saturated rings. The second kappa shape index (κ2) is 43.1. The number of primary amides is 3. The lowest BCUT2D eigenvalue weighted by Crippen LogP contribution is -2.22. The van der Waals surface area contributed by atoms with Gasteiger partial charge in [0.1, 0.15) is 29.1 Å². The number of hydrogen-bond acceptors (Lipinski definition) is 22. The average Bonchev–Trinajstić information content (AvgIpc) is 1.57. The Morgan fingerprint density at radius 3 is 1.39 bits per heavy atom. The first-order chi connectivity index (χ1) is 67.8. The second-order valence-corrected chi connectivity index (χ2v) is 44.8. The third-order valence-electron chi connectivity index (χ3n) is 23.2. The number of nitrogens with one attached hydrogen (secondary N) is 4. The van der Waals surface area contributed by atoms with Gasteiger partial charge in [0.2, 0.25) is 17.8 Å². The zero-order valence-corrected chi connectivity index (χ0v) is 88.5. The number of anilines is 6. The molecule has 1 aliphatic rings. The highest BCUT2D eigenvalue weighted by atomic mass is 19.1. The number of aromatic nitrogens is 24. The molecule has 0 aliphatic heterocycles. The van der Waals surface area contributed by atoms with Crippen LogP contribution < -0.4 is 44.2 Å². The van der Waals surface area contributed by atoms with Crippen LogP contribution in [0, 0.1) is 5.95 Å². The molecule has 0 atom stereocenters. The van der Waals surface area contributed by atoms with Crippen LogP contribution in [-0.2, 0) is 64.7 Å². The monoisotopic (exact) mass is 1970 g/mol. The van der Waals surface area contributed by atoms with Crippen LogP contribution in [0.5, 0.6) is 0 Å². The third-order valence-corrected chi connectivity index (χ3v) is 23.2. The van der Waals surface area contributed by atoms with E-state index in [1.54, 1.807) is 79.5 Å². The molecule has 5 amide bonds. The first-order valence-electron chi connectivity index (χ1n) is 48.0. The topological polar surface area (TPSA) is 454 Å². The number of carbonyl (C=O) groups excluding carboxylic acids is 4. The summed E-state index contributed by atoms with van der Waals surface area (Å²) < 4.78 is 30.1. The Kier molecular flexibility index (Phi) is 32.0. The van der Waals surface area contributed by atoms with Crippen molar-refractivity contribution in [2.75, 3.05) is 27.0 Å². The number of para-hydroxylation sites is 1. The van der Waals surface area contributed by atoms with Crippen LogP contribution >= 0.6 is 0 Å². The molecule has 18 aromatic heterocycles. The van der Waals surface area contributed by atoms with Gasteiger partial charge >= 0.3 is 6.03 Å². The van der Waals surface area contributed by atoms with Gasteiger partial charge in [-0.25, -0.2) is 64.1 Å². The maximum Gasteiger partial charge on any atom is 0.319 e. The van der Waals surface area contributed by atoms with Gasteiger partial charge in [-0.2, -0.15) is 28.7 Å². The van der Waals surface area contributed by atoms with E-state index in [9.17, 15) is 23.6 Å². The van der Waals surface area contributed by atoms with E-state index in [2.05, 4.69) is 352 Å². The van der Waals surface area contributed by atoms with Gasteiger partial charge in [0.25, 0.3) is 11.9 Å². The van der Waals surface area contributed by atoms with Crippen molar-refractivity contribution in [3.8, 4) is 0 Å². The van der Waals surface area contributed by atoms with Crippen LogP contribution in [0.15, 0.2) is 221 Å². The summed E-state index contributed by atoms with van der Waals surface area (Å²) in [5, 5.41) is 24.8. The molecule has 37 heteroatoms. The molecular weight excluding hydrogens is 1830 g/mol. The van der Waals surface area contributed by atoms with Gasteiger partial charge in [-0.1, -0.05) is 217 Å². The molecule has 36 nitrogen and oxygen atoms in total. The number of nitrogens with zero attached hydrogens (tertiary/aromatic N) is 24. The normalized spacial score (nSPS) is 12.5. The van der Waals surface area contributed by atoms with Gasteiger partial charge in [-0.3, -0.25) is 33.5 Å².